The van der Waals surface area contributed by atoms with Crippen LogP contribution in [0, 0.1) is 6.92 Å². The number of aromatic nitrogens is 1. The summed E-state index contributed by atoms with van der Waals surface area (Å²) in [5, 5.41) is 15.1. The van der Waals surface area contributed by atoms with Crippen LogP contribution in [0.2, 0.25) is 0 Å². The molecule has 1 heterocycles. The van der Waals surface area contributed by atoms with E-state index in [2.05, 4.69) is 15.6 Å². The Morgan fingerprint density at radius 3 is 2.52 bits per heavy atom. The lowest BCUT2D eigenvalue weighted by molar-refractivity contribution is 0.0992. The molecule has 1 aromatic heterocycles. The highest BCUT2D eigenvalue weighted by atomic mass is 16.5. The van der Waals surface area contributed by atoms with Gasteiger partial charge in [-0.3, -0.25) is 0 Å². The molecule has 2 aromatic rings. The molecule has 0 bridgehead atoms. The standard InChI is InChI=1S/C17H23N3O3/c1-13-11-16(18-7-9-23-10-8-21)20-17(12-13)19-14-3-5-15(22-2)6-4-14/h3-6,11-12,21H,7-10H2,1-2H3,(H2,18,19,20). The molecule has 0 aliphatic heterocycles. The van der Waals surface area contributed by atoms with Crippen LogP contribution in [0.4, 0.5) is 17.3 Å². The molecule has 3 N–H and O–H groups in total. The third-order valence-electron chi connectivity index (χ3n) is 3.12. The molecule has 0 aliphatic rings. The summed E-state index contributed by atoms with van der Waals surface area (Å²) in [6.07, 6.45) is 0. The van der Waals surface area contributed by atoms with Crippen molar-refractivity contribution in [2.45, 2.75) is 6.92 Å². The van der Waals surface area contributed by atoms with E-state index in [0.717, 1.165) is 28.6 Å². The lowest BCUT2D eigenvalue weighted by atomic mass is 10.2. The maximum absolute atomic E-state index is 8.65. The summed E-state index contributed by atoms with van der Waals surface area (Å²) in [7, 11) is 1.65. The first-order valence-corrected chi connectivity index (χ1v) is 7.53. The van der Waals surface area contributed by atoms with Gasteiger partial charge >= 0.3 is 0 Å². The predicted molar refractivity (Wildman–Crippen MR) is 91.6 cm³/mol. The van der Waals surface area contributed by atoms with Gasteiger partial charge in [-0.25, -0.2) is 4.98 Å². The number of hydrogen-bond acceptors (Lipinski definition) is 6. The SMILES string of the molecule is COc1ccc(Nc2cc(C)cc(NCCOCCO)n2)cc1. The van der Waals surface area contributed by atoms with Crippen LogP contribution < -0.4 is 15.4 Å². The molecule has 0 saturated heterocycles. The summed E-state index contributed by atoms with van der Waals surface area (Å²) >= 11 is 0. The van der Waals surface area contributed by atoms with Crippen molar-refractivity contribution in [1.82, 2.24) is 4.98 Å². The van der Waals surface area contributed by atoms with Crippen LogP contribution in [-0.4, -0.2) is 43.6 Å². The van der Waals surface area contributed by atoms with Crippen LogP contribution in [0.3, 0.4) is 0 Å². The van der Waals surface area contributed by atoms with Crippen molar-refractivity contribution in [3.63, 3.8) is 0 Å². The summed E-state index contributed by atoms with van der Waals surface area (Å²) in [5.41, 5.74) is 2.05. The fourth-order valence-electron chi connectivity index (χ4n) is 2.06. The fraction of sp³-hybridized carbons (Fsp3) is 0.353. The number of anilines is 3. The molecule has 0 radical (unpaired) electrons. The van der Waals surface area contributed by atoms with E-state index in [1.54, 1.807) is 7.11 Å². The van der Waals surface area contributed by atoms with Gasteiger partial charge in [0.15, 0.2) is 0 Å². The van der Waals surface area contributed by atoms with E-state index < -0.39 is 0 Å². The zero-order valence-electron chi connectivity index (χ0n) is 13.5. The molecule has 6 heteroatoms. The van der Waals surface area contributed by atoms with Crippen molar-refractivity contribution in [2.24, 2.45) is 0 Å². The maximum Gasteiger partial charge on any atom is 0.133 e. The maximum atomic E-state index is 8.65. The van der Waals surface area contributed by atoms with Gasteiger partial charge in [0.05, 0.1) is 26.9 Å². The van der Waals surface area contributed by atoms with Gasteiger partial charge in [0.1, 0.15) is 17.4 Å². The van der Waals surface area contributed by atoms with Crippen LogP contribution in [0.15, 0.2) is 36.4 Å². The Labute approximate surface area is 136 Å². The number of aryl methyl sites for hydroxylation is 1. The lowest BCUT2D eigenvalue weighted by Crippen LogP contribution is -2.12. The minimum Gasteiger partial charge on any atom is -0.497 e. The van der Waals surface area contributed by atoms with E-state index in [0.29, 0.717) is 19.8 Å². The molecular weight excluding hydrogens is 294 g/mol. The van der Waals surface area contributed by atoms with E-state index in [4.69, 9.17) is 14.6 Å². The molecular formula is C17H23N3O3. The van der Waals surface area contributed by atoms with E-state index in [1.807, 2.05) is 43.3 Å². The molecule has 0 unspecified atom stereocenters. The average Bonchev–Trinajstić information content (AvgIpc) is 2.55. The van der Waals surface area contributed by atoms with Crippen LogP contribution in [0.25, 0.3) is 0 Å². The molecule has 0 aliphatic carbocycles. The Balaban J connectivity index is 1.95. The van der Waals surface area contributed by atoms with Crippen LogP contribution >= 0.6 is 0 Å². The summed E-state index contributed by atoms with van der Waals surface area (Å²) in [5.74, 6) is 2.38. The fourth-order valence-corrected chi connectivity index (χ4v) is 2.06. The Morgan fingerprint density at radius 1 is 1.09 bits per heavy atom. The molecule has 2 rings (SSSR count). The van der Waals surface area contributed by atoms with Crippen LogP contribution in [0.5, 0.6) is 5.75 Å². The number of aliphatic hydroxyl groups excluding tert-OH is 1. The molecule has 1 aromatic carbocycles. The molecule has 6 nitrogen and oxygen atoms in total. The third kappa shape index (κ3) is 5.77. The summed E-state index contributed by atoms with van der Waals surface area (Å²) < 4.78 is 10.4. The largest absolute Gasteiger partial charge is 0.497 e. The number of nitrogens with one attached hydrogen (secondary N) is 2. The van der Waals surface area contributed by atoms with E-state index in [9.17, 15) is 0 Å². The van der Waals surface area contributed by atoms with Crippen molar-refractivity contribution < 1.29 is 14.6 Å². The molecule has 124 valence electrons. The average molecular weight is 317 g/mol. The number of pyridine rings is 1. The lowest BCUT2D eigenvalue weighted by Gasteiger charge is -2.11. The Kier molecular flexibility index (Phi) is 6.65. The van der Waals surface area contributed by atoms with Crippen molar-refractivity contribution in [2.75, 3.05) is 44.1 Å². The third-order valence-corrected chi connectivity index (χ3v) is 3.12. The first-order valence-electron chi connectivity index (χ1n) is 7.53. The topological polar surface area (TPSA) is 75.6 Å². The smallest absolute Gasteiger partial charge is 0.133 e. The van der Waals surface area contributed by atoms with Crippen molar-refractivity contribution >= 4 is 17.3 Å². The second-order valence-electron chi connectivity index (χ2n) is 5.03. The van der Waals surface area contributed by atoms with Crippen molar-refractivity contribution in [3.05, 3.63) is 42.0 Å². The van der Waals surface area contributed by atoms with Crippen LogP contribution in [0.1, 0.15) is 5.56 Å². The molecule has 0 saturated carbocycles. The molecule has 23 heavy (non-hydrogen) atoms. The van der Waals surface area contributed by atoms with Gasteiger partial charge in [-0.15, -0.1) is 0 Å². The normalized spacial score (nSPS) is 10.4. The number of hydrogen-bond donors (Lipinski definition) is 3. The zero-order chi connectivity index (χ0) is 16.5. The van der Waals surface area contributed by atoms with Gasteiger partial charge in [-0.1, -0.05) is 0 Å². The molecule has 0 amide bonds. The molecule has 0 fully saturated rings. The summed E-state index contributed by atoms with van der Waals surface area (Å²) in [4.78, 5) is 4.53. The van der Waals surface area contributed by atoms with Gasteiger partial charge in [-0.05, 0) is 48.9 Å². The Hall–Kier alpha value is -2.31. The number of benzene rings is 1. The minimum absolute atomic E-state index is 0.0403. The number of nitrogens with zero attached hydrogens (tertiary/aromatic N) is 1. The monoisotopic (exact) mass is 317 g/mol. The predicted octanol–water partition coefficient (Wildman–Crippen LogP) is 2.56. The Bertz CT molecular complexity index is 603. The molecule has 0 spiro atoms. The van der Waals surface area contributed by atoms with Gasteiger partial charge in [-0.2, -0.15) is 0 Å². The first-order chi connectivity index (χ1) is 11.2. The van der Waals surface area contributed by atoms with Crippen molar-refractivity contribution in [1.29, 1.82) is 0 Å². The molecule has 0 atom stereocenters. The number of methoxy groups -OCH3 is 1. The number of aliphatic hydroxyl groups is 1. The minimum atomic E-state index is 0.0403. The number of ether oxygens (including phenoxy) is 2. The van der Waals surface area contributed by atoms with Crippen molar-refractivity contribution in [3.8, 4) is 5.75 Å². The quantitative estimate of drug-likeness (QED) is 0.617. The van der Waals surface area contributed by atoms with Gasteiger partial charge in [0.2, 0.25) is 0 Å². The zero-order valence-corrected chi connectivity index (χ0v) is 13.5. The summed E-state index contributed by atoms with van der Waals surface area (Å²) in [6.45, 7) is 3.58. The van der Waals surface area contributed by atoms with Gasteiger partial charge in [0.25, 0.3) is 0 Å². The highest BCUT2D eigenvalue weighted by Crippen LogP contribution is 2.21. The first kappa shape index (κ1) is 17.1. The highest BCUT2D eigenvalue weighted by Gasteiger charge is 2.02. The van der Waals surface area contributed by atoms with Gasteiger partial charge < -0.3 is 25.2 Å². The van der Waals surface area contributed by atoms with Gasteiger partial charge in [0, 0.05) is 12.2 Å². The second kappa shape index (κ2) is 8.97. The van der Waals surface area contributed by atoms with E-state index >= 15 is 0 Å². The Morgan fingerprint density at radius 2 is 1.83 bits per heavy atom. The number of rotatable bonds is 9. The van der Waals surface area contributed by atoms with E-state index in [1.165, 1.54) is 0 Å². The van der Waals surface area contributed by atoms with E-state index in [-0.39, 0.29) is 6.61 Å². The second-order valence-corrected chi connectivity index (χ2v) is 5.03. The highest BCUT2D eigenvalue weighted by molar-refractivity contribution is 5.60. The van der Waals surface area contributed by atoms with Crippen LogP contribution in [-0.2, 0) is 4.74 Å². The summed E-state index contributed by atoms with van der Waals surface area (Å²) in [6, 6.07) is 11.6.